The zero-order chi connectivity index (χ0) is 9.68. The Morgan fingerprint density at radius 1 is 1.77 bits per heavy atom. The number of methoxy groups -OCH3 is 1. The number of aromatic nitrogens is 2. The lowest BCUT2D eigenvalue weighted by molar-refractivity contribution is 0.226. The average Bonchev–Trinajstić information content (AvgIpc) is 2.59. The highest BCUT2D eigenvalue weighted by Crippen LogP contribution is 2.15. The topological polar surface area (TPSA) is 48.2 Å². The van der Waals surface area contributed by atoms with Gasteiger partial charge in [-0.1, -0.05) is 17.8 Å². The van der Waals surface area contributed by atoms with Gasteiger partial charge in [-0.3, -0.25) is 0 Å². The second-order valence-corrected chi connectivity index (χ2v) is 2.59. The quantitative estimate of drug-likeness (QED) is 0.661. The monoisotopic (exact) mass is 180 g/mol. The fourth-order valence-corrected chi connectivity index (χ4v) is 1.04. The van der Waals surface area contributed by atoms with Gasteiger partial charge in [-0.2, -0.15) is 4.98 Å². The van der Waals surface area contributed by atoms with E-state index < -0.39 is 0 Å². The van der Waals surface area contributed by atoms with Crippen molar-refractivity contribution in [2.75, 3.05) is 13.7 Å². The number of ether oxygens (including phenoxy) is 1. The molecule has 1 aromatic rings. The highest BCUT2D eigenvalue weighted by Gasteiger charge is 2.06. The molecule has 0 fully saturated rings. The average molecular weight is 180 g/mol. The lowest BCUT2D eigenvalue weighted by atomic mass is 10.1. The molecule has 0 N–H and O–H groups in total. The lowest BCUT2D eigenvalue weighted by Gasteiger charge is -2.02. The van der Waals surface area contributed by atoms with Crippen molar-refractivity contribution in [3.05, 3.63) is 30.4 Å². The first-order valence-electron chi connectivity index (χ1n) is 3.87. The molecule has 0 radical (unpaired) electrons. The Labute approximate surface area is 76.9 Å². The van der Waals surface area contributed by atoms with Gasteiger partial charge in [0.2, 0.25) is 12.2 Å². The minimum atomic E-state index is 0.538. The normalized spacial score (nSPS) is 12.5. The van der Waals surface area contributed by atoms with Crippen LogP contribution in [0.2, 0.25) is 0 Å². The van der Waals surface area contributed by atoms with E-state index in [0.717, 1.165) is 11.1 Å². The van der Waals surface area contributed by atoms with Crippen molar-refractivity contribution in [2.45, 2.75) is 6.92 Å². The van der Waals surface area contributed by atoms with E-state index in [9.17, 15) is 0 Å². The molecule has 0 aromatic carbocycles. The zero-order valence-electron chi connectivity index (χ0n) is 7.78. The Bertz CT molecular complexity index is 301. The summed E-state index contributed by atoms with van der Waals surface area (Å²) >= 11 is 0. The maximum absolute atomic E-state index is 4.99. The molecule has 0 aliphatic rings. The minimum absolute atomic E-state index is 0.538. The Morgan fingerprint density at radius 3 is 3.00 bits per heavy atom. The van der Waals surface area contributed by atoms with Gasteiger partial charge in [0.05, 0.1) is 6.61 Å². The van der Waals surface area contributed by atoms with Crippen molar-refractivity contribution in [3.8, 4) is 0 Å². The van der Waals surface area contributed by atoms with Crippen LogP contribution in [0.25, 0.3) is 5.57 Å². The predicted octanol–water partition coefficient (Wildman–Crippen LogP) is 1.68. The van der Waals surface area contributed by atoms with E-state index in [2.05, 4.69) is 21.2 Å². The number of rotatable bonds is 4. The van der Waals surface area contributed by atoms with Gasteiger partial charge < -0.3 is 9.26 Å². The van der Waals surface area contributed by atoms with Crippen molar-refractivity contribution in [2.24, 2.45) is 0 Å². The van der Waals surface area contributed by atoms with Gasteiger partial charge in [-0.25, -0.2) is 0 Å². The molecule has 0 bridgehead atoms. The molecule has 13 heavy (non-hydrogen) atoms. The molecule has 1 aromatic heterocycles. The number of nitrogens with zero attached hydrogens (tertiary/aromatic N) is 2. The van der Waals surface area contributed by atoms with Gasteiger partial charge in [0, 0.05) is 12.7 Å². The van der Waals surface area contributed by atoms with E-state index >= 15 is 0 Å². The summed E-state index contributed by atoms with van der Waals surface area (Å²) in [6, 6.07) is 0. The van der Waals surface area contributed by atoms with Crippen molar-refractivity contribution in [1.82, 2.24) is 10.1 Å². The van der Waals surface area contributed by atoms with Gasteiger partial charge in [0.15, 0.2) is 0 Å². The van der Waals surface area contributed by atoms with Crippen molar-refractivity contribution in [1.29, 1.82) is 0 Å². The lowest BCUT2D eigenvalue weighted by Crippen LogP contribution is -1.95. The molecule has 0 unspecified atom stereocenters. The summed E-state index contributed by atoms with van der Waals surface area (Å²) in [6.45, 7) is 6.16. The first-order chi connectivity index (χ1) is 6.29. The second-order valence-electron chi connectivity index (χ2n) is 2.59. The smallest absolute Gasteiger partial charge is 0.214 e. The maximum atomic E-state index is 4.99. The maximum Gasteiger partial charge on any atom is 0.214 e. The Balaban J connectivity index is 2.96. The molecule has 4 heteroatoms. The van der Waals surface area contributed by atoms with Crippen LogP contribution in [-0.2, 0) is 4.74 Å². The molecule has 0 saturated heterocycles. The van der Waals surface area contributed by atoms with Crippen LogP contribution in [0.4, 0.5) is 0 Å². The number of hydrogen-bond acceptors (Lipinski definition) is 4. The molecule has 0 saturated carbocycles. The van der Waals surface area contributed by atoms with Gasteiger partial charge in [0.1, 0.15) is 0 Å². The van der Waals surface area contributed by atoms with E-state index in [-0.39, 0.29) is 0 Å². The van der Waals surface area contributed by atoms with Crippen LogP contribution in [0.15, 0.2) is 29.1 Å². The van der Waals surface area contributed by atoms with Gasteiger partial charge in [-0.05, 0) is 12.5 Å². The van der Waals surface area contributed by atoms with Crippen molar-refractivity contribution >= 4 is 5.57 Å². The van der Waals surface area contributed by atoms with E-state index in [1.165, 1.54) is 6.39 Å². The summed E-state index contributed by atoms with van der Waals surface area (Å²) in [4.78, 5) is 3.93. The molecule has 0 amide bonds. The van der Waals surface area contributed by atoms with Gasteiger partial charge >= 0.3 is 0 Å². The molecular weight excluding hydrogens is 168 g/mol. The summed E-state index contributed by atoms with van der Waals surface area (Å²) in [5, 5.41) is 3.72. The van der Waals surface area contributed by atoms with Crippen LogP contribution < -0.4 is 0 Å². The van der Waals surface area contributed by atoms with Crippen LogP contribution in [-0.4, -0.2) is 23.9 Å². The molecular formula is C9H12N2O2. The summed E-state index contributed by atoms with van der Waals surface area (Å²) in [7, 11) is 1.64. The first kappa shape index (κ1) is 9.67. The molecule has 1 heterocycles. The third kappa shape index (κ3) is 2.26. The molecule has 70 valence electrons. The van der Waals surface area contributed by atoms with Gasteiger partial charge in [0.25, 0.3) is 0 Å². The fourth-order valence-electron chi connectivity index (χ4n) is 1.04. The summed E-state index contributed by atoms with van der Waals surface area (Å²) in [5.41, 5.74) is 1.88. The molecule has 1 rings (SSSR count). The molecule has 0 spiro atoms. The fraction of sp³-hybridized carbons (Fsp3) is 0.333. The summed E-state index contributed by atoms with van der Waals surface area (Å²) in [6.07, 6.45) is 2.98. The number of allylic oxidation sites excluding steroid dienone is 2. The SMILES string of the molecule is C=C/C(=C(/C)COC)c1ncon1. The molecule has 0 aliphatic heterocycles. The third-order valence-corrected chi connectivity index (χ3v) is 1.63. The second kappa shape index (κ2) is 4.57. The minimum Gasteiger partial charge on any atom is -0.380 e. The van der Waals surface area contributed by atoms with Crippen LogP contribution in [0.3, 0.4) is 0 Å². The summed E-state index contributed by atoms with van der Waals surface area (Å²) in [5.74, 6) is 0.546. The Morgan fingerprint density at radius 2 is 2.54 bits per heavy atom. The highest BCUT2D eigenvalue weighted by atomic mass is 16.5. The Kier molecular flexibility index (Phi) is 3.40. The van der Waals surface area contributed by atoms with Crippen LogP contribution >= 0.6 is 0 Å². The largest absolute Gasteiger partial charge is 0.380 e. The first-order valence-corrected chi connectivity index (χ1v) is 3.87. The number of hydrogen-bond donors (Lipinski definition) is 0. The van der Waals surface area contributed by atoms with E-state index in [4.69, 9.17) is 4.74 Å². The van der Waals surface area contributed by atoms with E-state index in [0.29, 0.717) is 12.4 Å². The molecule has 0 aliphatic carbocycles. The van der Waals surface area contributed by atoms with Crippen molar-refractivity contribution < 1.29 is 9.26 Å². The van der Waals surface area contributed by atoms with Crippen LogP contribution in [0, 0.1) is 0 Å². The highest BCUT2D eigenvalue weighted by molar-refractivity contribution is 5.71. The van der Waals surface area contributed by atoms with Gasteiger partial charge in [-0.15, -0.1) is 0 Å². The molecule has 0 atom stereocenters. The predicted molar refractivity (Wildman–Crippen MR) is 49.0 cm³/mol. The Hall–Kier alpha value is -1.42. The van der Waals surface area contributed by atoms with E-state index in [1.54, 1.807) is 13.2 Å². The summed E-state index contributed by atoms with van der Waals surface area (Å²) < 4.78 is 9.63. The van der Waals surface area contributed by atoms with Crippen LogP contribution in [0.5, 0.6) is 0 Å². The molecule has 4 nitrogen and oxygen atoms in total. The van der Waals surface area contributed by atoms with E-state index in [1.807, 2.05) is 6.92 Å². The zero-order valence-corrected chi connectivity index (χ0v) is 7.78. The standard InChI is InChI=1S/C9H12N2O2/c1-4-8(7(2)5-12-3)9-10-6-13-11-9/h4,6H,1,5H2,2-3H3/b8-7+. The van der Waals surface area contributed by atoms with Crippen molar-refractivity contribution in [3.63, 3.8) is 0 Å². The third-order valence-electron chi connectivity index (χ3n) is 1.63. The van der Waals surface area contributed by atoms with Crippen LogP contribution in [0.1, 0.15) is 12.7 Å².